The molecule has 0 aromatic heterocycles. The lowest BCUT2D eigenvalue weighted by atomic mass is 10.0. The van der Waals surface area contributed by atoms with Gasteiger partial charge >= 0.3 is 0 Å². The summed E-state index contributed by atoms with van der Waals surface area (Å²) in [5, 5.41) is 4.45. The van der Waals surface area contributed by atoms with Crippen LogP contribution in [0.2, 0.25) is 5.02 Å². The van der Waals surface area contributed by atoms with Crippen LogP contribution in [0, 0.1) is 0 Å². The van der Waals surface area contributed by atoms with E-state index in [1.807, 2.05) is 18.2 Å². The molecule has 1 aliphatic heterocycles. The van der Waals surface area contributed by atoms with Crippen LogP contribution in [0.4, 0.5) is 0 Å². The second kappa shape index (κ2) is 5.67. The van der Waals surface area contributed by atoms with Crippen molar-refractivity contribution in [1.29, 1.82) is 0 Å². The van der Waals surface area contributed by atoms with E-state index in [-0.39, 0.29) is 0 Å². The first-order chi connectivity index (χ1) is 7.77. The van der Waals surface area contributed by atoms with E-state index in [1.54, 1.807) is 0 Å². The van der Waals surface area contributed by atoms with Gasteiger partial charge in [-0.1, -0.05) is 29.8 Å². The molecule has 1 fully saturated rings. The molecular weight excluding hydrogens is 222 g/mol. The first kappa shape index (κ1) is 11.9. The van der Waals surface area contributed by atoms with Gasteiger partial charge in [-0.3, -0.25) is 0 Å². The Morgan fingerprint density at radius 2 is 2.00 bits per heavy atom. The number of rotatable bonds is 3. The third-order valence-electron chi connectivity index (χ3n) is 3.08. The SMILES string of the molecule is CC(NC1CCOCC1)c1ccccc1Cl. The monoisotopic (exact) mass is 239 g/mol. The average Bonchev–Trinajstić information content (AvgIpc) is 2.31. The Hall–Kier alpha value is -0.570. The summed E-state index contributed by atoms with van der Waals surface area (Å²) in [7, 11) is 0. The van der Waals surface area contributed by atoms with Crippen molar-refractivity contribution in [3.63, 3.8) is 0 Å². The normalized spacial score (nSPS) is 19.6. The molecule has 1 atom stereocenters. The lowest BCUT2D eigenvalue weighted by Gasteiger charge is -2.27. The van der Waals surface area contributed by atoms with Gasteiger partial charge in [-0.2, -0.15) is 0 Å². The Labute approximate surface area is 102 Å². The van der Waals surface area contributed by atoms with Gasteiger partial charge in [0.25, 0.3) is 0 Å². The number of benzene rings is 1. The van der Waals surface area contributed by atoms with E-state index in [0.717, 1.165) is 31.1 Å². The fraction of sp³-hybridized carbons (Fsp3) is 0.538. The summed E-state index contributed by atoms with van der Waals surface area (Å²) in [4.78, 5) is 0. The molecule has 3 heteroatoms. The maximum absolute atomic E-state index is 6.17. The molecule has 0 saturated carbocycles. The summed E-state index contributed by atoms with van der Waals surface area (Å²) < 4.78 is 5.34. The molecule has 2 rings (SSSR count). The van der Waals surface area contributed by atoms with Gasteiger partial charge < -0.3 is 10.1 Å². The number of hydrogen-bond donors (Lipinski definition) is 1. The highest BCUT2D eigenvalue weighted by molar-refractivity contribution is 6.31. The standard InChI is InChI=1S/C13H18ClNO/c1-10(12-4-2-3-5-13(12)14)15-11-6-8-16-9-7-11/h2-5,10-11,15H,6-9H2,1H3. The lowest BCUT2D eigenvalue weighted by Crippen LogP contribution is -2.36. The zero-order valence-corrected chi connectivity index (χ0v) is 10.3. The van der Waals surface area contributed by atoms with E-state index in [1.165, 1.54) is 5.56 Å². The minimum absolute atomic E-state index is 0.303. The molecule has 0 radical (unpaired) electrons. The zero-order valence-electron chi connectivity index (χ0n) is 9.58. The van der Waals surface area contributed by atoms with Crippen LogP contribution in [0.5, 0.6) is 0 Å². The fourth-order valence-corrected chi connectivity index (χ4v) is 2.43. The van der Waals surface area contributed by atoms with Crippen molar-refractivity contribution in [2.45, 2.75) is 31.8 Å². The number of nitrogens with one attached hydrogen (secondary N) is 1. The molecule has 1 heterocycles. The largest absolute Gasteiger partial charge is 0.381 e. The van der Waals surface area contributed by atoms with E-state index in [9.17, 15) is 0 Å². The van der Waals surface area contributed by atoms with Crippen molar-refractivity contribution in [3.8, 4) is 0 Å². The summed E-state index contributed by atoms with van der Waals surface area (Å²) in [6, 6.07) is 8.88. The van der Waals surface area contributed by atoms with Crippen LogP contribution in [0.3, 0.4) is 0 Å². The van der Waals surface area contributed by atoms with Crippen LogP contribution < -0.4 is 5.32 Å². The minimum atomic E-state index is 0.303. The molecule has 0 amide bonds. The maximum Gasteiger partial charge on any atom is 0.0480 e. The van der Waals surface area contributed by atoms with E-state index in [0.29, 0.717) is 12.1 Å². The van der Waals surface area contributed by atoms with E-state index in [2.05, 4.69) is 18.3 Å². The van der Waals surface area contributed by atoms with Gasteiger partial charge in [-0.15, -0.1) is 0 Å². The summed E-state index contributed by atoms with van der Waals surface area (Å²) in [6.45, 7) is 3.90. The predicted molar refractivity (Wildman–Crippen MR) is 66.8 cm³/mol. The summed E-state index contributed by atoms with van der Waals surface area (Å²) in [5.41, 5.74) is 1.18. The first-order valence-electron chi connectivity index (χ1n) is 5.85. The van der Waals surface area contributed by atoms with Gasteiger partial charge in [0.15, 0.2) is 0 Å². The van der Waals surface area contributed by atoms with Gasteiger partial charge in [-0.05, 0) is 31.4 Å². The van der Waals surface area contributed by atoms with Gasteiger partial charge in [0.1, 0.15) is 0 Å². The van der Waals surface area contributed by atoms with Crippen LogP contribution in [0.15, 0.2) is 24.3 Å². The molecule has 1 saturated heterocycles. The predicted octanol–water partition coefficient (Wildman–Crippen LogP) is 3.17. The Kier molecular flexibility index (Phi) is 4.22. The molecule has 2 nitrogen and oxygen atoms in total. The Morgan fingerprint density at radius 3 is 2.69 bits per heavy atom. The molecule has 16 heavy (non-hydrogen) atoms. The first-order valence-corrected chi connectivity index (χ1v) is 6.23. The molecular formula is C13H18ClNO. The van der Waals surface area contributed by atoms with E-state index >= 15 is 0 Å². The smallest absolute Gasteiger partial charge is 0.0480 e. The van der Waals surface area contributed by atoms with Crippen LogP contribution in [-0.2, 0) is 4.74 Å². The third kappa shape index (κ3) is 2.97. The summed E-state index contributed by atoms with van der Waals surface area (Å²) in [6.07, 6.45) is 2.18. The minimum Gasteiger partial charge on any atom is -0.381 e. The Morgan fingerprint density at radius 1 is 1.31 bits per heavy atom. The third-order valence-corrected chi connectivity index (χ3v) is 3.42. The van der Waals surface area contributed by atoms with E-state index in [4.69, 9.17) is 16.3 Å². The van der Waals surface area contributed by atoms with Crippen LogP contribution in [-0.4, -0.2) is 19.3 Å². The molecule has 1 aliphatic rings. The van der Waals surface area contributed by atoms with Crippen molar-refractivity contribution in [2.24, 2.45) is 0 Å². The highest BCUT2D eigenvalue weighted by atomic mass is 35.5. The lowest BCUT2D eigenvalue weighted by molar-refractivity contribution is 0.0754. The zero-order chi connectivity index (χ0) is 11.4. The maximum atomic E-state index is 6.17. The van der Waals surface area contributed by atoms with Gasteiger partial charge in [-0.25, -0.2) is 0 Å². The number of halogens is 1. The molecule has 0 aliphatic carbocycles. The highest BCUT2D eigenvalue weighted by Gasteiger charge is 2.17. The van der Waals surface area contributed by atoms with Crippen LogP contribution in [0.25, 0.3) is 0 Å². The van der Waals surface area contributed by atoms with Gasteiger partial charge in [0.2, 0.25) is 0 Å². The molecule has 1 unspecified atom stereocenters. The number of hydrogen-bond acceptors (Lipinski definition) is 2. The summed E-state index contributed by atoms with van der Waals surface area (Å²) >= 11 is 6.17. The second-order valence-corrected chi connectivity index (χ2v) is 4.70. The molecule has 88 valence electrons. The topological polar surface area (TPSA) is 21.3 Å². The summed E-state index contributed by atoms with van der Waals surface area (Å²) in [5.74, 6) is 0. The van der Waals surface area contributed by atoms with Gasteiger partial charge in [0.05, 0.1) is 0 Å². The van der Waals surface area contributed by atoms with Gasteiger partial charge in [0, 0.05) is 30.3 Å². The van der Waals surface area contributed by atoms with Crippen molar-refractivity contribution >= 4 is 11.6 Å². The Balaban J connectivity index is 1.96. The molecule has 1 aromatic rings. The highest BCUT2D eigenvalue weighted by Crippen LogP contribution is 2.23. The van der Waals surface area contributed by atoms with Crippen molar-refractivity contribution in [2.75, 3.05) is 13.2 Å². The quantitative estimate of drug-likeness (QED) is 0.875. The van der Waals surface area contributed by atoms with Crippen molar-refractivity contribution in [3.05, 3.63) is 34.9 Å². The number of ether oxygens (including phenoxy) is 1. The Bertz CT molecular complexity index is 336. The van der Waals surface area contributed by atoms with Crippen molar-refractivity contribution in [1.82, 2.24) is 5.32 Å². The van der Waals surface area contributed by atoms with Crippen molar-refractivity contribution < 1.29 is 4.74 Å². The van der Waals surface area contributed by atoms with Crippen LogP contribution in [0.1, 0.15) is 31.4 Å². The molecule has 1 aromatic carbocycles. The second-order valence-electron chi connectivity index (χ2n) is 4.30. The fourth-order valence-electron chi connectivity index (χ4n) is 2.13. The molecule has 0 bridgehead atoms. The molecule has 0 spiro atoms. The average molecular weight is 240 g/mol. The molecule has 1 N–H and O–H groups in total. The van der Waals surface area contributed by atoms with Crippen LogP contribution >= 0.6 is 11.6 Å². The van der Waals surface area contributed by atoms with E-state index < -0.39 is 0 Å².